The smallest absolute Gasteiger partial charge is 0.144 e. The molecule has 0 aliphatic carbocycles. The van der Waals surface area contributed by atoms with Crippen LogP contribution >= 0.6 is 0 Å². The van der Waals surface area contributed by atoms with Gasteiger partial charge in [-0.05, 0) is 39.8 Å². The largest absolute Gasteiger partial charge is 0.455 e. The van der Waals surface area contributed by atoms with Gasteiger partial charge in [-0.2, -0.15) is 0 Å². The predicted octanol–water partition coefficient (Wildman–Crippen LogP) is 6.82. The first-order chi connectivity index (χ1) is 15.0. The summed E-state index contributed by atoms with van der Waals surface area (Å²) in [7, 11) is 2.25. The van der Waals surface area contributed by atoms with Gasteiger partial charge in [-0.3, -0.25) is 4.98 Å². The zero-order valence-corrected chi connectivity index (χ0v) is 17.9. The Morgan fingerprint density at radius 3 is 2.35 bits per heavy atom. The minimum absolute atomic E-state index is 0.109. The quantitative estimate of drug-likeness (QED) is 0.299. The summed E-state index contributed by atoms with van der Waals surface area (Å²) in [5.41, 5.74) is 5.16. The van der Waals surface area contributed by atoms with E-state index in [1.807, 2.05) is 6.20 Å². The fraction of sp³-hybridized carbons (Fsp3) is 0.107. The molecule has 0 unspecified atom stereocenters. The summed E-state index contributed by atoms with van der Waals surface area (Å²) < 4.78 is 6.54. The Morgan fingerprint density at radius 2 is 1.48 bits per heavy atom. The highest BCUT2D eigenvalue weighted by Gasteiger charge is 2.18. The molecule has 0 radical (unpaired) electrons. The Bertz CT molecular complexity index is 1620. The summed E-state index contributed by atoms with van der Waals surface area (Å²) in [6.45, 7) is 4.49. The molecule has 0 N–H and O–H groups in total. The number of hydrogen-bond acceptors (Lipinski definition) is 2. The highest BCUT2D eigenvalue weighted by molar-refractivity contribution is 6.18. The first-order valence-corrected chi connectivity index (χ1v) is 10.7. The van der Waals surface area contributed by atoms with Crippen molar-refractivity contribution >= 4 is 51.3 Å². The standard InChI is InChI=1S/C28H22BNO/c1-28(2,29)19-11-13-20-18(16-19)14-15-30-25(20)24-9-5-8-22-23-12-10-17-6-3-4-7-21(17)26(23)31-27(22)24/h3-16H,29H2,1-2H3. The summed E-state index contributed by atoms with van der Waals surface area (Å²) in [5, 5.41) is 7.06. The lowest BCUT2D eigenvalue weighted by molar-refractivity contribution is 0.673. The van der Waals surface area contributed by atoms with Crippen LogP contribution in [0.4, 0.5) is 0 Å². The van der Waals surface area contributed by atoms with E-state index in [0.29, 0.717) is 0 Å². The number of aromatic nitrogens is 1. The molecule has 0 bridgehead atoms. The molecule has 6 aromatic rings. The summed E-state index contributed by atoms with van der Waals surface area (Å²) in [5.74, 6) is 0. The molecule has 2 nitrogen and oxygen atoms in total. The lowest BCUT2D eigenvalue weighted by Gasteiger charge is -2.19. The molecule has 31 heavy (non-hydrogen) atoms. The van der Waals surface area contributed by atoms with Crippen LogP contribution in [-0.4, -0.2) is 12.8 Å². The van der Waals surface area contributed by atoms with Gasteiger partial charge in [-0.25, -0.2) is 0 Å². The highest BCUT2D eigenvalue weighted by Crippen LogP contribution is 2.40. The van der Waals surface area contributed by atoms with Crippen LogP contribution in [0, 0.1) is 0 Å². The van der Waals surface area contributed by atoms with Gasteiger partial charge in [0, 0.05) is 33.3 Å². The van der Waals surface area contributed by atoms with Crippen molar-refractivity contribution in [1.29, 1.82) is 0 Å². The van der Waals surface area contributed by atoms with Crippen molar-refractivity contribution in [3.8, 4) is 11.3 Å². The number of nitrogens with zero attached hydrogens (tertiary/aromatic N) is 1. The van der Waals surface area contributed by atoms with Crippen LogP contribution in [0.25, 0.3) is 54.7 Å². The molecule has 0 aliphatic rings. The molecule has 148 valence electrons. The summed E-state index contributed by atoms with van der Waals surface area (Å²) in [6.07, 6.45) is 1.90. The Hall–Kier alpha value is -3.59. The van der Waals surface area contributed by atoms with Gasteiger partial charge in [0.1, 0.15) is 19.0 Å². The van der Waals surface area contributed by atoms with Crippen molar-refractivity contribution < 1.29 is 4.42 Å². The molecule has 3 heteroatoms. The molecule has 2 heterocycles. The average Bonchev–Trinajstić information content (AvgIpc) is 3.17. The van der Waals surface area contributed by atoms with E-state index in [2.05, 4.69) is 101 Å². The Balaban J connectivity index is 1.66. The fourth-order valence-electron chi connectivity index (χ4n) is 4.57. The fourth-order valence-corrected chi connectivity index (χ4v) is 4.57. The molecule has 4 aromatic carbocycles. The van der Waals surface area contributed by atoms with E-state index in [1.165, 1.54) is 16.3 Å². The van der Waals surface area contributed by atoms with E-state index < -0.39 is 0 Å². The molecule has 0 atom stereocenters. The minimum atomic E-state index is 0.109. The van der Waals surface area contributed by atoms with Crippen LogP contribution in [0.5, 0.6) is 0 Å². The van der Waals surface area contributed by atoms with Gasteiger partial charge < -0.3 is 4.42 Å². The first kappa shape index (κ1) is 18.2. The van der Waals surface area contributed by atoms with Gasteiger partial charge >= 0.3 is 0 Å². The number of fused-ring (bicyclic) bond motifs is 6. The number of rotatable bonds is 2. The zero-order valence-electron chi connectivity index (χ0n) is 17.9. The minimum Gasteiger partial charge on any atom is -0.455 e. The number of para-hydroxylation sites is 1. The molecule has 2 aromatic heterocycles. The number of pyridine rings is 1. The maximum atomic E-state index is 6.54. The van der Waals surface area contributed by atoms with E-state index in [9.17, 15) is 0 Å². The monoisotopic (exact) mass is 399 g/mol. The molecule has 0 saturated heterocycles. The van der Waals surface area contributed by atoms with Gasteiger partial charge in [-0.15, -0.1) is 0 Å². The maximum absolute atomic E-state index is 6.54. The molecule has 6 rings (SSSR count). The van der Waals surface area contributed by atoms with Crippen LogP contribution in [-0.2, 0) is 5.31 Å². The van der Waals surface area contributed by atoms with Crippen molar-refractivity contribution in [3.63, 3.8) is 0 Å². The van der Waals surface area contributed by atoms with E-state index in [0.717, 1.165) is 44.0 Å². The maximum Gasteiger partial charge on any atom is 0.144 e. The van der Waals surface area contributed by atoms with Gasteiger partial charge in [0.05, 0.1) is 5.69 Å². The van der Waals surface area contributed by atoms with Gasteiger partial charge in [0.25, 0.3) is 0 Å². The Kier molecular flexibility index (Phi) is 3.79. The molecule has 0 fully saturated rings. The Labute approximate surface area is 181 Å². The normalized spacial score (nSPS) is 12.3. The van der Waals surface area contributed by atoms with E-state index in [4.69, 9.17) is 9.40 Å². The van der Waals surface area contributed by atoms with Gasteiger partial charge in [0.15, 0.2) is 0 Å². The molecular formula is C28H22BNO. The number of benzene rings is 4. The topological polar surface area (TPSA) is 26.0 Å². The molecule has 0 amide bonds. The van der Waals surface area contributed by atoms with Crippen LogP contribution in [0.3, 0.4) is 0 Å². The summed E-state index contributed by atoms with van der Waals surface area (Å²) in [6, 6.07) is 27.9. The van der Waals surface area contributed by atoms with E-state index >= 15 is 0 Å². The zero-order chi connectivity index (χ0) is 21.2. The summed E-state index contributed by atoms with van der Waals surface area (Å²) >= 11 is 0. The van der Waals surface area contributed by atoms with Gasteiger partial charge in [0.2, 0.25) is 0 Å². The van der Waals surface area contributed by atoms with E-state index in [1.54, 1.807) is 0 Å². The van der Waals surface area contributed by atoms with Gasteiger partial charge in [-0.1, -0.05) is 74.5 Å². The van der Waals surface area contributed by atoms with Crippen molar-refractivity contribution in [1.82, 2.24) is 4.98 Å². The molecule has 0 saturated carbocycles. The second-order valence-corrected chi connectivity index (χ2v) is 9.29. The van der Waals surface area contributed by atoms with Crippen LogP contribution in [0.15, 0.2) is 89.5 Å². The molecular weight excluding hydrogens is 377 g/mol. The SMILES string of the molecule is BC(C)(C)c1ccc2c(-c3cccc4c3oc3c5ccccc5ccc43)nccc2c1. The predicted molar refractivity (Wildman–Crippen MR) is 134 cm³/mol. The second-order valence-electron chi connectivity index (χ2n) is 9.29. The lowest BCUT2D eigenvalue weighted by Crippen LogP contribution is -2.16. The number of hydrogen-bond donors (Lipinski definition) is 0. The third-order valence-corrected chi connectivity index (χ3v) is 6.27. The molecule has 0 spiro atoms. The third kappa shape index (κ3) is 2.77. The van der Waals surface area contributed by atoms with Crippen molar-refractivity contribution in [2.75, 3.05) is 0 Å². The first-order valence-electron chi connectivity index (χ1n) is 10.7. The lowest BCUT2D eigenvalue weighted by atomic mass is 9.67. The Morgan fingerprint density at radius 1 is 0.710 bits per heavy atom. The summed E-state index contributed by atoms with van der Waals surface area (Å²) in [4.78, 5) is 4.79. The second kappa shape index (κ2) is 6.45. The van der Waals surface area contributed by atoms with Crippen molar-refractivity contribution in [2.24, 2.45) is 0 Å². The van der Waals surface area contributed by atoms with Crippen molar-refractivity contribution in [2.45, 2.75) is 19.2 Å². The van der Waals surface area contributed by atoms with Crippen LogP contribution in [0.1, 0.15) is 19.4 Å². The average molecular weight is 399 g/mol. The van der Waals surface area contributed by atoms with Crippen LogP contribution < -0.4 is 0 Å². The molecule has 0 aliphatic heterocycles. The van der Waals surface area contributed by atoms with E-state index in [-0.39, 0.29) is 5.31 Å². The van der Waals surface area contributed by atoms with Crippen LogP contribution in [0.2, 0.25) is 0 Å². The number of furan rings is 1. The third-order valence-electron chi connectivity index (χ3n) is 6.27. The highest BCUT2D eigenvalue weighted by atomic mass is 16.3. The van der Waals surface area contributed by atoms with Crippen molar-refractivity contribution in [3.05, 3.63) is 90.6 Å².